The van der Waals surface area contributed by atoms with E-state index >= 15 is 0 Å². The highest BCUT2D eigenvalue weighted by Gasteiger charge is 2.20. The van der Waals surface area contributed by atoms with E-state index in [1.165, 1.54) is 18.2 Å². The summed E-state index contributed by atoms with van der Waals surface area (Å²) in [6, 6.07) is 10.9. The molecule has 0 unspecified atom stereocenters. The molecule has 100 valence electrons. The molecule has 1 aliphatic carbocycles. The standard InChI is InChI=1S/C16H16N4/c1-2-4-14-12(3-1)13(9-19-14)15-7-8-17-16(20-15)10-18-11-5-6-11/h1-4,7-9,11,18-19H,5-6,10H2. The van der Waals surface area contributed by atoms with Crippen LogP contribution in [-0.4, -0.2) is 21.0 Å². The summed E-state index contributed by atoms with van der Waals surface area (Å²) >= 11 is 0. The number of aromatic nitrogens is 3. The minimum absolute atomic E-state index is 0.676. The zero-order valence-electron chi connectivity index (χ0n) is 11.1. The Morgan fingerprint density at radius 1 is 1.20 bits per heavy atom. The van der Waals surface area contributed by atoms with E-state index in [1.54, 1.807) is 0 Å². The SMILES string of the molecule is c1ccc2c(-c3ccnc(CNC4CC4)n3)c[nH]c2c1. The van der Waals surface area contributed by atoms with Gasteiger partial charge in [-0.3, -0.25) is 0 Å². The summed E-state index contributed by atoms with van der Waals surface area (Å²) in [4.78, 5) is 12.3. The van der Waals surface area contributed by atoms with Crippen LogP contribution in [0.2, 0.25) is 0 Å². The van der Waals surface area contributed by atoms with Gasteiger partial charge < -0.3 is 10.3 Å². The van der Waals surface area contributed by atoms with Crippen molar-refractivity contribution in [3.8, 4) is 11.3 Å². The Balaban J connectivity index is 1.68. The second-order valence-corrected chi connectivity index (χ2v) is 5.26. The Hall–Kier alpha value is -2.20. The maximum atomic E-state index is 4.67. The summed E-state index contributed by atoms with van der Waals surface area (Å²) in [5, 5.41) is 4.65. The molecular formula is C16H16N4. The second kappa shape index (κ2) is 4.72. The lowest BCUT2D eigenvalue weighted by molar-refractivity contribution is 0.658. The number of fused-ring (bicyclic) bond motifs is 1. The lowest BCUT2D eigenvalue weighted by Gasteiger charge is -2.04. The molecule has 2 aromatic heterocycles. The van der Waals surface area contributed by atoms with Gasteiger partial charge in [-0.15, -0.1) is 0 Å². The number of H-pyrrole nitrogens is 1. The van der Waals surface area contributed by atoms with Gasteiger partial charge >= 0.3 is 0 Å². The summed E-state index contributed by atoms with van der Waals surface area (Å²) in [7, 11) is 0. The van der Waals surface area contributed by atoms with Crippen LogP contribution in [0.15, 0.2) is 42.7 Å². The molecule has 4 rings (SSSR count). The van der Waals surface area contributed by atoms with E-state index in [0.717, 1.165) is 29.1 Å². The minimum atomic E-state index is 0.676. The zero-order chi connectivity index (χ0) is 13.4. The summed E-state index contributed by atoms with van der Waals surface area (Å²) < 4.78 is 0. The first-order valence-corrected chi connectivity index (χ1v) is 7.02. The second-order valence-electron chi connectivity index (χ2n) is 5.26. The molecule has 1 aromatic carbocycles. The van der Waals surface area contributed by atoms with Gasteiger partial charge in [0.15, 0.2) is 0 Å². The van der Waals surface area contributed by atoms with E-state index in [1.807, 2.05) is 24.5 Å². The Labute approximate surface area is 117 Å². The molecule has 2 N–H and O–H groups in total. The molecule has 4 nitrogen and oxygen atoms in total. The molecule has 0 saturated heterocycles. The fraction of sp³-hybridized carbons (Fsp3) is 0.250. The van der Waals surface area contributed by atoms with E-state index in [-0.39, 0.29) is 0 Å². The Kier molecular flexibility index (Phi) is 2.74. The summed E-state index contributed by atoms with van der Waals surface area (Å²) in [6.07, 6.45) is 6.42. The van der Waals surface area contributed by atoms with Crippen molar-refractivity contribution in [3.63, 3.8) is 0 Å². The molecule has 20 heavy (non-hydrogen) atoms. The fourth-order valence-corrected chi connectivity index (χ4v) is 2.44. The van der Waals surface area contributed by atoms with Crippen LogP contribution >= 0.6 is 0 Å². The highest BCUT2D eigenvalue weighted by atomic mass is 15.0. The Morgan fingerprint density at radius 2 is 2.10 bits per heavy atom. The van der Waals surface area contributed by atoms with Crippen molar-refractivity contribution in [1.82, 2.24) is 20.3 Å². The van der Waals surface area contributed by atoms with Gasteiger partial charge in [0.1, 0.15) is 5.82 Å². The molecule has 3 aromatic rings. The molecule has 0 bridgehead atoms. The Morgan fingerprint density at radius 3 is 3.00 bits per heavy atom. The van der Waals surface area contributed by atoms with E-state index in [2.05, 4.69) is 38.5 Å². The number of nitrogens with zero attached hydrogens (tertiary/aromatic N) is 2. The highest BCUT2D eigenvalue weighted by molar-refractivity contribution is 5.94. The van der Waals surface area contributed by atoms with Gasteiger partial charge in [0.2, 0.25) is 0 Å². The molecule has 1 fully saturated rings. The minimum Gasteiger partial charge on any atom is -0.360 e. The first-order chi connectivity index (χ1) is 9.90. The van der Waals surface area contributed by atoms with Crippen LogP contribution in [0, 0.1) is 0 Å². The molecule has 4 heteroatoms. The van der Waals surface area contributed by atoms with Gasteiger partial charge in [0.25, 0.3) is 0 Å². The smallest absolute Gasteiger partial charge is 0.142 e. The van der Waals surface area contributed by atoms with E-state index in [9.17, 15) is 0 Å². The van der Waals surface area contributed by atoms with Crippen molar-refractivity contribution in [2.24, 2.45) is 0 Å². The lowest BCUT2D eigenvalue weighted by Crippen LogP contribution is -2.17. The number of hydrogen-bond acceptors (Lipinski definition) is 3. The van der Waals surface area contributed by atoms with Crippen LogP contribution in [0.1, 0.15) is 18.7 Å². The van der Waals surface area contributed by atoms with Crippen LogP contribution in [0.4, 0.5) is 0 Å². The molecule has 0 spiro atoms. The predicted molar refractivity (Wildman–Crippen MR) is 79.2 cm³/mol. The molecule has 2 heterocycles. The highest BCUT2D eigenvalue weighted by Crippen LogP contribution is 2.26. The topological polar surface area (TPSA) is 53.6 Å². The Bertz CT molecular complexity index is 743. The van der Waals surface area contributed by atoms with Gasteiger partial charge in [-0.25, -0.2) is 9.97 Å². The van der Waals surface area contributed by atoms with Crippen molar-refractivity contribution >= 4 is 10.9 Å². The van der Waals surface area contributed by atoms with E-state index < -0.39 is 0 Å². The third-order valence-corrected chi connectivity index (χ3v) is 3.70. The maximum Gasteiger partial charge on any atom is 0.142 e. The third kappa shape index (κ3) is 2.18. The number of hydrogen-bond donors (Lipinski definition) is 2. The lowest BCUT2D eigenvalue weighted by atomic mass is 10.1. The van der Waals surface area contributed by atoms with Gasteiger partial charge in [0.05, 0.1) is 12.2 Å². The average molecular weight is 264 g/mol. The number of aromatic amines is 1. The van der Waals surface area contributed by atoms with Crippen molar-refractivity contribution in [1.29, 1.82) is 0 Å². The van der Waals surface area contributed by atoms with Crippen LogP contribution in [0.5, 0.6) is 0 Å². The zero-order valence-corrected chi connectivity index (χ0v) is 11.1. The van der Waals surface area contributed by atoms with Gasteiger partial charge in [-0.1, -0.05) is 18.2 Å². The van der Waals surface area contributed by atoms with E-state index in [0.29, 0.717) is 6.04 Å². The van der Waals surface area contributed by atoms with Gasteiger partial charge in [0, 0.05) is 34.9 Å². The first kappa shape index (κ1) is 11.6. The summed E-state index contributed by atoms with van der Waals surface area (Å²) in [5.74, 6) is 0.861. The van der Waals surface area contributed by atoms with Crippen molar-refractivity contribution in [2.75, 3.05) is 0 Å². The quantitative estimate of drug-likeness (QED) is 0.762. The van der Waals surface area contributed by atoms with Gasteiger partial charge in [-0.2, -0.15) is 0 Å². The predicted octanol–water partition coefficient (Wildman–Crippen LogP) is 2.88. The van der Waals surface area contributed by atoms with Crippen LogP contribution < -0.4 is 5.32 Å². The molecule has 0 atom stereocenters. The van der Waals surface area contributed by atoms with Crippen LogP contribution in [-0.2, 0) is 6.54 Å². The summed E-state index contributed by atoms with van der Waals surface area (Å²) in [6.45, 7) is 0.751. The third-order valence-electron chi connectivity index (χ3n) is 3.70. The number of benzene rings is 1. The normalized spacial score (nSPS) is 14.8. The average Bonchev–Trinajstić information content (AvgIpc) is 3.23. The monoisotopic (exact) mass is 264 g/mol. The summed E-state index contributed by atoms with van der Waals surface area (Å²) in [5.41, 5.74) is 3.25. The molecule has 0 amide bonds. The molecule has 1 saturated carbocycles. The molecule has 0 radical (unpaired) electrons. The molecule has 1 aliphatic rings. The largest absolute Gasteiger partial charge is 0.360 e. The van der Waals surface area contributed by atoms with Gasteiger partial charge in [-0.05, 0) is 25.0 Å². The van der Waals surface area contributed by atoms with Crippen molar-refractivity contribution < 1.29 is 0 Å². The molecule has 0 aliphatic heterocycles. The number of rotatable bonds is 4. The van der Waals surface area contributed by atoms with E-state index in [4.69, 9.17) is 0 Å². The van der Waals surface area contributed by atoms with Crippen molar-refractivity contribution in [3.05, 3.63) is 48.5 Å². The molecular weight excluding hydrogens is 248 g/mol. The van der Waals surface area contributed by atoms with Crippen LogP contribution in [0.3, 0.4) is 0 Å². The first-order valence-electron chi connectivity index (χ1n) is 7.02. The maximum absolute atomic E-state index is 4.67. The fourth-order valence-electron chi connectivity index (χ4n) is 2.44. The van der Waals surface area contributed by atoms with Crippen molar-refractivity contribution in [2.45, 2.75) is 25.4 Å². The number of para-hydroxylation sites is 1. The van der Waals surface area contributed by atoms with Crippen LogP contribution in [0.25, 0.3) is 22.2 Å². The number of nitrogens with one attached hydrogen (secondary N) is 2.